The Balaban J connectivity index is 2.28. The highest BCUT2D eigenvalue weighted by atomic mass is 79.9. The lowest BCUT2D eigenvalue weighted by molar-refractivity contribution is 1.11. The monoisotopic (exact) mass is 332 g/mol. The Morgan fingerprint density at radius 3 is 2.79 bits per heavy atom. The smallest absolute Gasteiger partial charge is 0.169 e. The number of benzene rings is 1. The number of hydrogen-bond acceptors (Lipinski definition) is 3. The molecule has 0 fully saturated rings. The van der Waals surface area contributed by atoms with Crippen LogP contribution in [0.3, 0.4) is 0 Å². The lowest BCUT2D eigenvalue weighted by Crippen LogP contribution is -1.91. The fourth-order valence-electron chi connectivity index (χ4n) is 1.81. The van der Waals surface area contributed by atoms with Crippen molar-refractivity contribution >= 4 is 33.2 Å². The zero-order chi connectivity index (χ0) is 13.4. The molecule has 2 heterocycles. The van der Waals surface area contributed by atoms with Crippen molar-refractivity contribution in [1.82, 2.24) is 14.6 Å². The molecule has 0 spiro atoms. The molecule has 0 aliphatic rings. The van der Waals surface area contributed by atoms with Gasteiger partial charge in [0.1, 0.15) is 6.07 Å². The zero-order valence-electron chi connectivity index (χ0n) is 9.51. The van der Waals surface area contributed by atoms with Crippen LogP contribution < -0.4 is 0 Å². The Labute approximate surface area is 122 Å². The second kappa shape index (κ2) is 4.65. The van der Waals surface area contributed by atoms with Gasteiger partial charge in [-0.05, 0) is 46.3 Å². The summed E-state index contributed by atoms with van der Waals surface area (Å²) in [5.41, 5.74) is 2.11. The molecule has 6 heteroatoms. The van der Waals surface area contributed by atoms with Crippen molar-refractivity contribution in [3.63, 3.8) is 0 Å². The van der Waals surface area contributed by atoms with Gasteiger partial charge in [-0.25, -0.2) is 0 Å². The van der Waals surface area contributed by atoms with Crippen LogP contribution in [0.4, 0.5) is 0 Å². The van der Waals surface area contributed by atoms with Crippen LogP contribution in [0.5, 0.6) is 0 Å². The highest BCUT2D eigenvalue weighted by Crippen LogP contribution is 2.29. The minimum Gasteiger partial charge on any atom is -0.281 e. The Kier molecular flexibility index (Phi) is 2.97. The summed E-state index contributed by atoms with van der Waals surface area (Å²) in [6, 6.07) is 11.0. The summed E-state index contributed by atoms with van der Waals surface area (Å²) in [5, 5.41) is 17.8. The Morgan fingerprint density at radius 2 is 2.05 bits per heavy atom. The van der Waals surface area contributed by atoms with Crippen molar-refractivity contribution < 1.29 is 0 Å². The lowest BCUT2D eigenvalue weighted by Gasteiger charge is -2.03. The third-order valence-electron chi connectivity index (χ3n) is 2.70. The molecule has 1 aromatic carbocycles. The lowest BCUT2D eigenvalue weighted by atomic mass is 10.2. The predicted octanol–water partition coefficient (Wildman–Crippen LogP) is 3.68. The van der Waals surface area contributed by atoms with E-state index in [1.165, 1.54) is 0 Å². The first-order valence-electron chi connectivity index (χ1n) is 5.39. The predicted molar refractivity (Wildman–Crippen MR) is 75.8 cm³/mol. The molecule has 0 amide bonds. The third-order valence-corrected chi connectivity index (χ3v) is 3.59. The van der Waals surface area contributed by atoms with E-state index in [9.17, 15) is 0 Å². The molecular formula is C13H6BrClN4. The van der Waals surface area contributed by atoms with Crippen LogP contribution >= 0.6 is 27.5 Å². The van der Waals surface area contributed by atoms with Crippen molar-refractivity contribution in [3.8, 4) is 17.5 Å². The van der Waals surface area contributed by atoms with E-state index in [0.717, 1.165) is 10.0 Å². The van der Waals surface area contributed by atoms with Gasteiger partial charge in [-0.2, -0.15) is 5.26 Å². The number of fused-ring (bicyclic) bond motifs is 1. The van der Waals surface area contributed by atoms with Gasteiger partial charge in [-0.3, -0.25) is 4.40 Å². The average Bonchev–Trinajstić information content (AvgIpc) is 2.81. The molecule has 0 saturated carbocycles. The van der Waals surface area contributed by atoms with Crippen LogP contribution in [-0.2, 0) is 0 Å². The van der Waals surface area contributed by atoms with Crippen molar-refractivity contribution in [2.24, 2.45) is 0 Å². The van der Waals surface area contributed by atoms with Gasteiger partial charge in [0.2, 0.25) is 0 Å². The number of hydrogen-bond donors (Lipinski definition) is 0. The minimum atomic E-state index is 0.554. The summed E-state index contributed by atoms with van der Waals surface area (Å²) in [6.45, 7) is 0. The molecule has 0 aliphatic heterocycles. The van der Waals surface area contributed by atoms with Gasteiger partial charge in [0, 0.05) is 21.3 Å². The highest BCUT2D eigenvalue weighted by Gasteiger charge is 2.11. The van der Waals surface area contributed by atoms with Gasteiger partial charge >= 0.3 is 0 Å². The van der Waals surface area contributed by atoms with Gasteiger partial charge < -0.3 is 0 Å². The van der Waals surface area contributed by atoms with Crippen molar-refractivity contribution in [1.29, 1.82) is 5.26 Å². The third kappa shape index (κ3) is 2.09. The van der Waals surface area contributed by atoms with Gasteiger partial charge in [0.05, 0.1) is 5.56 Å². The van der Waals surface area contributed by atoms with E-state index >= 15 is 0 Å². The molecule has 0 aliphatic carbocycles. The molecule has 4 nitrogen and oxygen atoms in total. The first kappa shape index (κ1) is 12.2. The molecule has 92 valence electrons. The van der Waals surface area contributed by atoms with Crippen LogP contribution in [0.1, 0.15) is 5.56 Å². The molecule has 0 atom stereocenters. The molecule has 19 heavy (non-hydrogen) atoms. The second-order valence-corrected chi connectivity index (χ2v) is 5.20. The van der Waals surface area contributed by atoms with Crippen LogP contribution in [0.15, 0.2) is 41.0 Å². The molecule has 0 bridgehead atoms. The van der Waals surface area contributed by atoms with E-state index in [0.29, 0.717) is 22.1 Å². The van der Waals surface area contributed by atoms with Crippen LogP contribution in [0.2, 0.25) is 5.02 Å². The van der Waals surface area contributed by atoms with E-state index in [-0.39, 0.29) is 0 Å². The largest absolute Gasteiger partial charge is 0.281 e. The van der Waals surface area contributed by atoms with Crippen molar-refractivity contribution in [2.45, 2.75) is 0 Å². The van der Waals surface area contributed by atoms with E-state index in [4.69, 9.17) is 16.9 Å². The van der Waals surface area contributed by atoms with Gasteiger partial charge in [-0.1, -0.05) is 11.6 Å². The quantitative estimate of drug-likeness (QED) is 0.682. The summed E-state index contributed by atoms with van der Waals surface area (Å²) in [4.78, 5) is 0. The molecule has 0 radical (unpaired) electrons. The van der Waals surface area contributed by atoms with Crippen LogP contribution in [0.25, 0.3) is 17.0 Å². The summed E-state index contributed by atoms with van der Waals surface area (Å²) >= 11 is 9.39. The van der Waals surface area contributed by atoms with Gasteiger partial charge in [0.25, 0.3) is 0 Å². The normalized spacial score (nSPS) is 10.6. The summed E-state index contributed by atoms with van der Waals surface area (Å²) in [7, 11) is 0. The Bertz CT molecular complexity index is 819. The number of halogens is 2. The molecule has 3 rings (SSSR count). The SMILES string of the molecule is N#Cc1ccc2nnc(-c3ccc(Cl)cc3Br)n2c1. The number of pyridine rings is 1. The Morgan fingerprint density at radius 1 is 1.21 bits per heavy atom. The van der Waals surface area contributed by atoms with E-state index in [2.05, 4.69) is 32.2 Å². The minimum absolute atomic E-state index is 0.554. The van der Waals surface area contributed by atoms with E-state index < -0.39 is 0 Å². The zero-order valence-corrected chi connectivity index (χ0v) is 11.9. The molecule has 0 unspecified atom stereocenters. The summed E-state index contributed by atoms with van der Waals surface area (Å²) in [6.07, 6.45) is 1.71. The number of nitrogens with zero attached hydrogens (tertiary/aromatic N) is 4. The molecule has 0 N–H and O–H groups in total. The average molecular weight is 334 g/mol. The maximum absolute atomic E-state index is 8.96. The number of aromatic nitrogens is 3. The van der Waals surface area contributed by atoms with Gasteiger partial charge in [0.15, 0.2) is 11.5 Å². The fourth-order valence-corrected chi connectivity index (χ4v) is 2.67. The van der Waals surface area contributed by atoms with Gasteiger partial charge in [-0.15, -0.1) is 10.2 Å². The summed E-state index contributed by atoms with van der Waals surface area (Å²) in [5.74, 6) is 0.663. The first-order valence-corrected chi connectivity index (χ1v) is 6.56. The second-order valence-electron chi connectivity index (χ2n) is 3.91. The number of rotatable bonds is 1. The van der Waals surface area contributed by atoms with E-state index in [1.54, 1.807) is 34.9 Å². The molecular weight excluding hydrogens is 328 g/mol. The molecule has 0 saturated heterocycles. The molecule has 3 aromatic rings. The fraction of sp³-hybridized carbons (Fsp3) is 0. The first-order chi connectivity index (χ1) is 9.19. The standard InChI is InChI=1S/C13H6BrClN4/c14-11-5-9(15)2-3-10(11)13-18-17-12-4-1-8(6-16)7-19(12)13/h1-5,7H. The topological polar surface area (TPSA) is 54.0 Å². The van der Waals surface area contributed by atoms with Crippen molar-refractivity contribution in [3.05, 3.63) is 51.6 Å². The highest BCUT2D eigenvalue weighted by molar-refractivity contribution is 9.10. The number of nitriles is 1. The maximum Gasteiger partial charge on any atom is 0.169 e. The Hall–Kier alpha value is -1.90. The van der Waals surface area contributed by atoms with Crippen molar-refractivity contribution in [2.75, 3.05) is 0 Å². The van der Waals surface area contributed by atoms with Crippen LogP contribution in [0, 0.1) is 11.3 Å². The van der Waals surface area contributed by atoms with Crippen LogP contribution in [-0.4, -0.2) is 14.6 Å². The summed E-state index contributed by atoms with van der Waals surface area (Å²) < 4.78 is 2.61. The maximum atomic E-state index is 8.96. The van der Waals surface area contributed by atoms with E-state index in [1.807, 2.05) is 6.07 Å². The molecule has 2 aromatic heterocycles.